The molecular formula is C12H13N3. The van der Waals surface area contributed by atoms with Crippen LogP contribution in [0.15, 0.2) is 53.1 Å². The van der Waals surface area contributed by atoms with E-state index < -0.39 is 0 Å². The van der Waals surface area contributed by atoms with Crippen LogP contribution in [0.3, 0.4) is 0 Å². The number of hydrogen-bond donors (Lipinski definition) is 1. The Morgan fingerprint density at radius 1 is 1.33 bits per heavy atom. The molecule has 0 aromatic carbocycles. The predicted molar refractivity (Wildman–Crippen MR) is 60.8 cm³/mol. The number of hydrogen-bond acceptors (Lipinski definition) is 3. The summed E-state index contributed by atoms with van der Waals surface area (Å²) in [6, 6.07) is 0. The molecule has 0 saturated carbocycles. The third kappa shape index (κ3) is 1.16. The summed E-state index contributed by atoms with van der Waals surface area (Å²) in [5, 5.41) is 0. The van der Waals surface area contributed by atoms with E-state index in [4.69, 9.17) is 5.73 Å². The normalized spacial score (nSPS) is 31.8. The smallest absolute Gasteiger partial charge is 0.0715 e. The Bertz CT molecular complexity index is 451. The molecule has 0 spiro atoms. The minimum atomic E-state index is 0.339. The Morgan fingerprint density at radius 3 is 3.07 bits per heavy atom. The Balaban J connectivity index is 2.06. The molecule has 3 nitrogen and oxygen atoms in total. The van der Waals surface area contributed by atoms with Gasteiger partial charge < -0.3 is 10.6 Å². The zero-order valence-electron chi connectivity index (χ0n) is 8.59. The van der Waals surface area contributed by atoms with Crippen molar-refractivity contribution < 1.29 is 0 Å². The van der Waals surface area contributed by atoms with E-state index >= 15 is 0 Å². The minimum Gasteiger partial charge on any atom is -0.397 e. The highest BCUT2D eigenvalue weighted by atomic mass is 15.1. The van der Waals surface area contributed by atoms with Crippen LogP contribution in [0.1, 0.15) is 0 Å². The van der Waals surface area contributed by atoms with E-state index in [2.05, 4.69) is 29.5 Å². The van der Waals surface area contributed by atoms with Gasteiger partial charge in [-0.2, -0.15) is 0 Å². The largest absolute Gasteiger partial charge is 0.397 e. The molecule has 0 aromatic heterocycles. The summed E-state index contributed by atoms with van der Waals surface area (Å²) in [4.78, 5) is 6.63. The molecule has 3 aliphatic rings. The highest BCUT2D eigenvalue weighted by Gasteiger charge is 2.35. The van der Waals surface area contributed by atoms with Gasteiger partial charge >= 0.3 is 0 Å². The van der Waals surface area contributed by atoms with Crippen LogP contribution >= 0.6 is 0 Å². The molecule has 2 atom stereocenters. The van der Waals surface area contributed by atoms with Crippen molar-refractivity contribution in [2.24, 2.45) is 22.6 Å². The molecule has 3 rings (SSSR count). The first-order valence-corrected chi connectivity index (χ1v) is 5.10. The zero-order valence-corrected chi connectivity index (χ0v) is 8.59. The van der Waals surface area contributed by atoms with Crippen molar-refractivity contribution in [1.82, 2.24) is 4.90 Å². The summed E-state index contributed by atoms with van der Waals surface area (Å²) >= 11 is 0. The van der Waals surface area contributed by atoms with Crippen LogP contribution < -0.4 is 5.73 Å². The molecular weight excluding hydrogens is 186 g/mol. The second-order valence-electron chi connectivity index (χ2n) is 4.12. The number of rotatable bonds is 0. The number of aliphatic imine (C=N–C) groups is 1. The highest BCUT2D eigenvalue weighted by Crippen LogP contribution is 2.37. The van der Waals surface area contributed by atoms with Gasteiger partial charge in [-0.3, -0.25) is 4.99 Å². The lowest BCUT2D eigenvalue weighted by Crippen LogP contribution is -2.24. The Hall–Kier alpha value is -1.77. The van der Waals surface area contributed by atoms with E-state index in [1.54, 1.807) is 0 Å². The van der Waals surface area contributed by atoms with E-state index in [1.807, 2.05) is 24.1 Å². The summed E-state index contributed by atoms with van der Waals surface area (Å²) in [6.07, 6.45) is 12.5. The fourth-order valence-corrected chi connectivity index (χ4v) is 2.29. The molecule has 1 aliphatic carbocycles. The molecule has 0 saturated heterocycles. The SMILES string of the molecule is CN1C=CC2C(=C1)N=C1C(N)=CC=CC12. The van der Waals surface area contributed by atoms with Crippen molar-refractivity contribution in [3.63, 3.8) is 0 Å². The van der Waals surface area contributed by atoms with E-state index in [1.165, 1.54) is 0 Å². The average Bonchev–Trinajstić information content (AvgIpc) is 2.57. The van der Waals surface area contributed by atoms with Crippen molar-refractivity contribution in [3.05, 3.63) is 48.1 Å². The van der Waals surface area contributed by atoms with Gasteiger partial charge in [-0.1, -0.05) is 18.2 Å². The topological polar surface area (TPSA) is 41.6 Å². The molecule has 0 bridgehead atoms. The Kier molecular flexibility index (Phi) is 1.63. The number of nitrogens with two attached hydrogens (primary N) is 1. The van der Waals surface area contributed by atoms with Crippen LogP contribution in [0.2, 0.25) is 0 Å². The summed E-state index contributed by atoms with van der Waals surface area (Å²) in [7, 11) is 2.01. The van der Waals surface area contributed by atoms with Crippen molar-refractivity contribution in [2.75, 3.05) is 7.05 Å². The van der Waals surface area contributed by atoms with Crippen LogP contribution in [0, 0.1) is 11.8 Å². The maximum Gasteiger partial charge on any atom is 0.0715 e. The first-order chi connectivity index (χ1) is 7.25. The molecule has 2 aliphatic heterocycles. The molecule has 0 aromatic rings. The van der Waals surface area contributed by atoms with Crippen LogP contribution in [-0.2, 0) is 0 Å². The summed E-state index contributed by atoms with van der Waals surface area (Å²) < 4.78 is 0. The van der Waals surface area contributed by atoms with E-state index in [-0.39, 0.29) is 0 Å². The molecule has 2 unspecified atom stereocenters. The third-order valence-electron chi connectivity index (χ3n) is 3.05. The molecule has 2 N–H and O–H groups in total. The monoisotopic (exact) mass is 199 g/mol. The molecule has 76 valence electrons. The van der Waals surface area contributed by atoms with Crippen molar-refractivity contribution in [3.8, 4) is 0 Å². The molecule has 0 radical (unpaired) electrons. The molecule has 3 heteroatoms. The predicted octanol–water partition coefficient (Wildman–Crippen LogP) is 1.39. The van der Waals surface area contributed by atoms with Gasteiger partial charge in [0.2, 0.25) is 0 Å². The number of allylic oxidation sites excluding steroid dienone is 5. The van der Waals surface area contributed by atoms with Gasteiger partial charge in [-0.25, -0.2) is 0 Å². The zero-order chi connectivity index (χ0) is 10.4. The lowest BCUT2D eigenvalue weighted by molar-refractivity contribution is 0.558. The van der Waals surface area contributed by atoms with Gasteiger partial charge in [0.15, 0.2) is 0 Å². The lowest BCUT2D eigenvalue weighted by Gasteiger charge is -2.22. The second-order valence-corrected chi connectivity index (χ2v) is 4.12. The van der Waals surface area contributed by atoms with Crippen LogP contribution in [-0.4, -0.2) is 17.7 Å². The van der Waals surface area contributed by atoms with Crippen molar-refractivity contribution in [2.45, 2.75) is 0 Å². The molecule has 0 amide bonds. The Morgan fingerprint density at radius 2 is 2.20 bits per heavy atom. The minimum absolute atomic E-state index is 0.339. The molecule has 2 heterocycles. The Labute approximate surface area is 89.0 Å². The highest BCUT2D eigenvalue weighted by molar-refractivity contribution is 6.06. The molecule has 0 fully saturated rings. The second kappa shape index (κ2) is 2.86. The third-order valence-corrected chi connectivity index (χ3v) is 3.05. The lowest BCUT2D eigenvalue weighted by atomic mass is 9.85. The summed E-state index contributed by atoms with van der Waals surface area (Å²) in [5.41, 5.74) is 8.86. The van der Waals surface area contributed by atoms with Gasteiger partial charge in [0, 0.05) is 25.1 Å². The summed E-state index contributed by atoms with van der Waals surface area (Å²) in [5.74, 6) is 0.714. The quantitative estimate of drug-likeness (QED) is 0.640. The van der Waals surface area contributed by atoms with Crippen LogP contribution in [0.4, 0.5) is 0 Å². The standard InChI is InChI=1S/C12H13N3/c1-15-6-5-8-9-3-2-4-10(13)12(9)14-11(8)7-15/h2-9H,13H2,1H3. The van der Waals surface area contributed by atoms with Gasteiger partial charge in [-0.05, 0) is 12.3 Å². The van der Waals surface area contributed by atoms with E-state index in [0.717, 1.165) is 17.1 Å². The maximum atomic E-state index is 5.92. The van der Waals surface area contributed by atoms with Gasteiger partial charge in [0.25, 0.3) is 0 Å². The number of nitrogens with zero attached hydrogens (tertiary/aromatic N) is 2. The maximum absolute atomic E-state index is 5.92. The average molecular weight is 199 g/mol. The first-order valence-electron chi connectivity index (χ1n) is 5.10. The number of fused-ring (bicyclic) bond motifs is 3. The van der Waals surface area contributed by atoms with Gasteiger partial charge in [0.05, 0.1) is 17.1 Å². The van der Waals surface area contributed by atoms with Crippen molar-refractivity contribution in [1.29, 1.82) is 0 Å². The summed E-state index contributed by atoms with van der Waals surface area (Å²) in [6.45, 7) is 0. The van der Waals surface area contributed by atoms with Crippen LogP contribution in [0.5, 0.6) is 0 Å². The van der Waals surface area contributed by atoms with Crippen LogP contribution in [0.25, 0.3) is 0 Å². The van der Waals surface area contributed by atoms with E-state index in [0.29, 0.717) is 11.8 Å². The van der Waals surface area contributed by atoms with Gasteiger partial charge in [0.1, 0.15) is 0 Å². The van der Waals surface area contributed by atoms with Gasteiger partial charge in [-0.15, -0.1) is 0 Å². The first kappa shape index (κ1) is 8.53. The fourth-order valence-electron chi connectivity index (χ4n) is 2.29. The van der Waals surface area contributed by atoms with Crippen molar-refractivity contribution >= 4 is 5.71 Å². The van der Waals surface area contributed by atoms with E-state index in [9.17, 15) is 0 Å². The molecule has 15 heavy (non-hydrogen) atoms. The fraction of sp³-hybridized carbons (Fsp3) is 0.250.